The Labute approximate surface area is 163 Å². The fraction of sp³-hybridized carbons (Fsp3) is 0.450. The molecule has 8 heteroatoms. The molecule has 1 saturated heterocycles. The van der Waals surface area contributed by atoms with E-state index in [0.29, 0.717) is 24.5 Å². The highest BCUT2D eigenvalue weighted by atomic mass is 19.1. The SMILES string of the molecule is CC1(C(=O)O)CCN(C(=O)Nc2cc(C(C)(C)C)nn2-c2ccc(F)cc2)C1. The molecule has 0 saturated carbocycles. The lowest BCUT2D eigenvalue weighted by atomic mass is 9.90. The molecule has 28 heavy (non-hydrogen) atoms. The number of rotatable bonds is 3. The molecule has 1 aromatic heterocycles. The van der Waals surface area contributed by atoms with Crippen LogP contribution >= 0.6 is 0 Å². The molecule has 2 heterocycles. The van der Waals surface area contributed by atoms with Crippen LogP contribution < -0.4 is 5.32 Å². The number of carbonyl (C=O) groups is 2. The normalized spacial score (nSPS) is 19.7. The molecule has 0 spiro atoms. The quantitative estimate of drug-likeness (QED) is 0.840. The largest absolute Gasteiger partial charge is 0.481 e. The summed E-state index contributed by atoms with van der Waals surface area (Å²) in [6.07, 6.45) is 0.403. The Morgan fingerprint density at radius 1 is 1.25 bits per heavy atom. The van der Waals surface area contributed by atoms with Crippen LogP contribution in [0, 0.1) is 11.2 Å². The highest BCUT2D eigenvalue weighted by molar-refractivity contribution is 5.90. The summed E-state index contributed by atoms with van der Waals surface area (Å²) in [7, 11) is 0. The van der Waals surface area contributed by atoms with Gasteiger partial charge >= 0.3 is 12.0 Å². The number of hydrogen-bond donors (Lipinski definition) is 2. The van der Waals surface area contributed by atoms with Gasteiger partial charge in [-0.3, -0.25) is 10.1 Å². The number of nitrogens with one attached hydrogen (secondary N) is 1. The van der Waals surface area contributed by atoms with Crippen molar-refractivity contribution in [1.29, 1.82) is 0 Å². The average molecular weight is 388 g/mol. The number of urea groups is 1. The van der Waals surface area contributed by atoms with Gasteiger partial charge in [0, 0.05) is 24.6 Å². The van der Waals surface area contributed by atoms with Crippen LogP contribution in [0.25, 0.3) is 5.69 Å². The third-order valence-electron chi connectivity index (χ3n) is 5.06. The molecule has 2 amide bonds. The molecular formula is C20H25FN4O3. The van der Waals surface area contributed by atoms with Gasteiger partial charge in [-0.05, 0) is 37.6 Å². The second-order valence-electron chi connectivity index (χ2n) is 8.52. The Kier molecular flexibility index (Phi) is 4.91. The average Bonchev–Trinajstić information content (AvgIpc) is 3.20. The number of aromatic nitrogens is 2. The van der Waals surface area contributed by atoms with E-state index < -0.39 is 11.4 Å². The lowest BCUT2D eigenvalue weighted by Gasteiger charge is -2.20. The van der Waals surface area contributed by atoms with E-state index in [-0.39, 0.29) is 23.8 Å². The number of halogens is 1. The maximum absolute atomic E-state index is 13.3. The Balaban J connectivity index is 1.88. The minimum atomic E-state index is -0.939. The van der Waals surface area contributed by atoms with Crippen molar-refractivity contribution in [3.8, 4) is 5.69 Å². The molecule has 1 aliphatic rings. The summed E-state index contributed by atoms with van der Waals surface area (Å²) in [4.78, 5) is 25.7. The fourth-order valence-electron chi connectivity index (χ4n) is 3.11. The van der Waals surface area contributed by atoms with Crippen molar-refractivity contribution >= 4 is 17.8 Å². The van der Waals surface area contributed by atoms with Gasteiger partial charge in [-0.25, -0.2) is 13.9 Å². The van der Waals surface area contributed by atoms with Gasteiger partial charge < -0.3 is 10.0 Å². The fourth-order valence-corrected chi connectivity index (χ4v) is 3.11. The summed E-state index contributed by atoms with van der Waals surface area (Å²) in [6, 6.07) is 7.24. The van der Waals surface area contributed by atoms with Crippen molar-refractivity contribution < 1.29 is 19.1 Å². The minimum absolute atomic E-state index is 0.144. The maximum atomic E-state index is 13.3. The van der Waals surface area contributed by atoms with Gasteiger partial charge in [0.25, 0.3) is 0 Å². The lowest BCUT2D eigenvalue weighted by molar-refractivity contribution is -0.146. The highest BCUT2D eigenvalue weighted by Crippen LogP contribution is 2.31. The number of carbonyl (C=O) groups excluding carboxylic acids is 1. The molecule has 0 bridgehead atoms. The van der Waals surface area contributed by atoms with Gasteiger partial charge in [-0.2, -0.15) is 5.10 Å². The molecule has 1 unspecified atom stereocenters. The number of aliphatic carboxylic acids is 1. The van der Waals surface area contributed by atoms with E-state index in [1.54, 1.807) is 29.8 Å². The monoisotopic (exact) mass is 388 g/mol. The van der Waals surface area contributed by atoms with Crippen LogP contribution in [0.2, 0.25) is 0 Å². The number of anilines is 1. The van der Waals surface area contributed by atoms with Gasteiger partial charge in [0.15, 0.2) is 0 Å². The zero-order valence-electron chi connectivity index (χ0n) is 16.5. The van der Waals surface area contributed by atoms with E-state index in [9.17, 15) is 19.1 Å². The number of carboxylic acids is 1. The zero-order chi connectivity index (χ0) is 20.7. The Bertz CT molecular complexity index is 901. The predicted octanol–water partition coefficient (Wildman–Crippen LogP) is 3.64. The molecule has 1 atom stereocenters. The first-order valence-electron chi connectivity index (χ1n) is 9.15. The van der Waals surface area contributed by atoms with Crippen molar-refractivity contribution in [3.63, 3.8) is 0 Å². The number of carboxylic acid groups (broad SMARTS) is 1. The summed E-state index contributed by atoms with van der Waals surface area (Å²) in [5.74, 6) is -0.817. The van der Waals surface area contributed by atoms with E-state index in [1.807, 2.05) is 20.8 Å². The molecule has 150 valence electrons. The summed E-state index contributed by atoms with van der Waals surface area (Å²) < 4.78 is 14.9. The predicted molar refractivity (Wildman–Crippen MR) is 103 cm³/mol. The van der Waals surface area contributed by atoms with Crippen LogP contribution in [-0.4, -0.2) is 44.9 Å². The smallest absolute Gasteiger partial charge is 0.323 e. The minimum Gasteiger partial charge on any atom is -0.481 e. The molecule has 2 N–H and O–H groups in total. The van der Waals surface area contributed by atoms with E-state index in [1.165, 1.54) is 17.0 Å². The van der Waals surface area contributed by atoms with Crippen molar-refractivity contribution in [2.75, 3.05) is 18.4 Å². The molecule has 3 rings (SSSR count). The van der Waals surface area contributed by atoms with Gasteiger partial charge in [0.1, 0.15) is 11.6 Å². The number of nitrogens with zero attached hydrogens (tertiary/aromatic N) is 3. The Hall–Kier alpha value is -2.90. The lowest BCUT2D eigenvalue weighted by Crippen LogP contribution is -2.37. The van der Waals surface area contributed by atoms with Crippen LogP contribution in [0.5, 0.6) is 0 Å². The van der Waals surface area contributed by atoms with Crippen LogP contribution in [-0.2, 0) is 10.2 Å². The molecule has 1 aliphatic heterocycles. The number of benzene rings is 1. The van der Waals surface area contributed by atoms with Gasteiger partial charge in [0.2, 0.25) is 0 Å². The van der Waals surface area contributed by atoms with Crippen LogP contribution in [0.3, 0.4) is 0 Å². The number of hydrogen-bond acceptors (Lipinski definition) is 3. The molecule has 0 aliphatic carbocycles. The molecule has 1 fully saturated rings. The van der Waals surface area contributed by atoms with Crippen molar-refractivity contribution in [1.82, 2.24) is 14.7 Å². The van der Waals surface area contributed by atoms with E-state index in [4.69, 9.17) is 0 Å². The molecule has 2 aromatic rings. The summed E-state index contributed by atoms with van der Waals surface area (Å²) in [5, 5.41) is 16.8. The van der Waals surface area contributed by atoms with E-state index >= 15 is 0 Å². The second-order valence-corrected chi connectivity index (χ2v) is 8.52. The number of likely N-dealkylation sites (tertiary alicyclic amines) is 1. The topological polar surface area (TPSA) is 87.5 Å². The van der Waals surface area contributed by atoms with Gasteiger partial charge in [-0.15, -0.1) is 0 Å². The first kappa shape index (κ1) is 19.9. The van der Waals surface area contributed by atoms with Crippen molar-refractivity contribution in [2.45, 2.75) is 39.5 Å². The molecular weight excluding hydrogens is 363 g/mol. The Morgan fingerprint density at radius 3 is 2.43 bits per heavy atom. The van der Waals surface area contributed by atoms with E-state index in [2.05, 4.69) is 10.4 Å². The summed E-state index contributed by atoms with van der Waals surface area (Å²) >= 11 is 0. The third kappa shape index (κ3) is 3.85. The molecule has 1 aromatic carbocycles. The second kappa shape index (κ2) is 6.92. The van der Waals surface area contributed by atoms with Gasteiger partial charge in [0.05, 0.1) is 16.8 Å². The molecule has 7 nitrogen and oxygen atoms in total. The summed E-state index contributed by atoms with van der Waals surface area (Å²) in [6.45, 7) is 8.18. The summed E-state index contributed by atoms with van der Waals surface area (Å²) in [5.41, 5.74) is 0.193. The van der Waals surface area contributed by atoms with E-state index in [0.717, 1.165) is 5.69 Å². The first-order valence-corrected chi connectivity index (χ1v) is 9.15. The van der Waals surface area contributed by atoms with Crippen LogP contribution in [0.1, 0.15) is 39.8 Å². The zero-order valence-corrected chi connectivity index (χ0v) is 16.5. The van der Waals surface area contributed by atoms with Crippen molar-refractivity contribution in [3.05, 3.63) is 41.8 Å². The third-order valence-corrected chi connectivity index (χ3v) is 5.06. The highest BCUT2D eigenvalue weighted by Gasteiger charge is 2.42. The van der Waals surface area contributed by atoms with Crippen LogP contribution in [0.15, 0.2) is 30.3 Å². The number of amides is 2. The van der Waals surface area contributed by atoms with Crippen molar-refractivity contribution in [2.24, 2.45) is 5.41 Å². The standard InChI is InChI=1S/C20H25FN4O3/c1-19(2,3)15-11-16(25(23-15)14-7-5-13(21)6-8-14)22-18(28)24-10-9-20(4,12-24)17(26)27/h5-8,11H,9-10,12H2,1-4H3,(H,22,28)(H,26,27). The maximum Gasteiger partial charge on any atom is 0.323 e. The molecule has 0 radical (unpaired) electrons. The first-order chi connectivity index (χ1) is 13.0. The van der Waals surface area contributed by atoms with Crippen LogP contribution in [0.4, 0.5) is 15.0 Å². The van der Waals surface area contributed by atoms with Gasteiger partial charge in [-0.1, -0.05) is 20.8 Å². The Morgan fingerprint density at radius 2 is 1.89 bits per heavy atom.